The Balaban J connectivity index is 1.95. The lowest BCUT2D eigenvalue weighted by Crippen LogP contribution is -2.36. The minimum Gasteiger partial charge on any atom is -0.506 e. The Labute approximate surface area is 93.2 Å². The van der Waals surface area contributed by atoms with Crippen LogP contribution >= 0.6 is 0 Å². The summed E-state index contributed by atoms with van der Waals surface area (Å²) in [4.78, 5) is 0. The van der Waals surface area contributed by atoms with Gasteiger partial charge in [-0.25, -0.2) is 0 Å². The topological polar surface area (TPSA) is 47.9 Å². The number of rotatable bonds is 1. The number of nitrogens with one attached hydrogen (secondary N) is 1. The number of fused-ring (bicyclic) bond motifs is 1. The number of phenols is 1. The molecule has 1 aliphatic carbocycles. The van der Waals surface area contributed by atoms with E-state index in [0.29, 0.717) is 5.69 Å². The maximum absolute atomic E-state index is 9.72. The molecule has 80 valence electrons. The summed E-state index contributed by atoms with van der Waals surface area (Å²) in [5, 5.41) is 15.7. The predicted molar refractivity (Wildman–Crippen MR) is 63.2 cm³/mol. The standard InChI is InChI=1S/C12H11N3O/c16-12-8-4-3-7-11(12)15-13-9-5-1-2-6-10(9)14-15/h1-9,13,16H. The van der Waals surface area contributed by atoms with Gasteiger partial charge >= 0.3 is 0 Å². The average Bonchev–Trinajstić information content (AvgIpc) is 2.73. The molecule has 2 N–H and O–H groups in total. The maximum atomic E-state index is 9.72. The van der Waals surface area contributed by atoms with Crippen molar-refractivity contribution in [1.29, 1.82) is 0 Å². The van der Waals surface area contributed by atoms with E-state index in [-0.39, 0.29) is 11.8 Å². The summed E-state index contributed by atoms with van der Waals surface area (Å²) in [5.74, 6) is 0.214. The summed E-state index contributed by atoms with van der Waals surface area (Å²) >= 11 is 0. The number of benzene rings is 1. The van der Waals surface area contributed by atoms with Gasteiger partial charge < -0.3 is 5.11 Å². The first-order valence-corrected chi connectivity index (χ1v) is 5.12. The molecule has 1 atom stereocenters. The third-order valence-corrected chi connectivity index (χ3v) is 2.59. The Morgan fingerprint density at radius 3 is 2.94 bits per heavy atom. The van der Waals surface area contributed by atoms with Gasteiger partial charge in [0.2, 0.25) is 0 Å². The van der Waals surface area contributed by atoms with Crippen LogP contribution in [0.3, 0.4) is 0 Å². The van der Waals surface area contributed by atoms with Gasteiger partial charge in [0.25, 0.3) is 0 Å². The van der Waals surface area contributed by atoms with E-state index in [2.05, 4.69) is 10.5 Å². The highest BCUT2D eigenvalue weighted by atomic mass is 16.3. The average molecular weight is 213 g/mol. The van der Waals surface area contributed by atoms with Gasteiger partial charge in [0.1, 0.15) is 11.4 Å². The Morgan fingerprint density at radius 2 is 2.12 bits per heavy atom. The van der Waals surface area contributed by atoms with E-state index < -0.39 is 0 Å². The number of anilines is 1. The van der Waals surface area contributed by atoms with Crippen LogP contribution in [0.4, 0.5) is 5.69 Å². The summed E-state index contributed by atoms with van der Waals surface area (Å²) in [6, 6.07) is 7.21. The van der Waals surface area contributed by atoms with Crippen LogP contribution in [0.25, 0.3) is 0 Å². The molecule has 0 amide bonds. The third kappa shape index (κ3) is 1.40. The number of allylic oxidation sites excluding steroid dienone is 2. The Morgan fingerprint density at radius 1 is 1.25 bits per heavy atom. The Kier molecular flexibility index (Phi) is 2.01. The first-order chi connectivity index (χ1) is 7.84. The van der Waals surface area contributed by atoms with Gasteiger partial charge in [-0.1, -0.05) is 30.4 Å². The first kappa shape index (κ1) is 9.18. The fourth-order valence-corrected chi connectivity index (χ4v) is 1.78. The van der Waals surface area contributed by atoms with E-state index in [0.717, 1.165) is 5.71 Å². The van der Waals surface area contributed by atoms with E-state index >= 15 is 0 Å². The molecule has 3 rings (SSSR count). The number of hydrazone groups is 1. The van der Waals surface area contributed by atoms with Crippen molar-refractivity contribution >= 4 is 11.4 Å². The Hall–Kier alpha value is -2.07. The van der Waals surface area contributed by atoms with Crippen molar-refractivity contribution < 1.29 is 5.11 Å². The van der Waals surface area contributed by atoms with E-state index in [4.69, 9.17) is 0 Å². The molecule has 4 nitrogen and oxygen atoms in total. The zero-order valence-corrected chi connectivity index (χ0v) is 8.54. The van der Waals surface area contributed by atoms with Crippen LogP contribution in [0, 0.1) is 0 Å². The van der Waals surface area contributed by atoms with Gasteiger partial charge in [0.05, 0.1) is 11.8 Å². The molecule has 2 aliphatic rings. The van der Waals surface area contributed by atoms with Crippen LogP contribution in [0.5, 0.6) is 5.75 Å². The zero-order valence-electron chi connectivity index (χ0n) is 8.54. The molecule has 4 heteroatoms. The van der Waals surface area contributed by atoms with Gasteiger partial charge in [-0.2, -0.15) is 15.6 Å². The maximum Gasteiger partial charge on any atom is 0.142 e. The summed E-state index contributed by atoms with van der Waals surface area (Å²) in [6.45, 7) is 0. The quantitative estimate of drug-likeness (QED) is 0.744. The van der Waals surface area contributed by atoms with Crippen LogP contribution in [-0.4, -0.2) is 16.9 Å². The molecule has 0 saturated heterocycles. The second-order valence-corrected chi connectivity index (χ2v) is 3.68. The SMILES string of the molecule is Oc1ccccc1N1N=C2C=CC=CC2N1. The molecule has 0 saturated carbocycles. The summed E-state index contributed by atoms with van der Waals surface area (Å²) in [6.07, 6.45) is 7.91. The monoisotopic (exact) mass is 213 g/mol. The number of aromatic hydroxyl groups is 1. The largest absolute Gasteiger partial charge is 0.506 e. The highest BCUT2D eigenvalue weighted by Gasteiger charge is 2.25. The fourth-order valence-electron chi connectivity index (χ4n) is 1.78. The molecular weight excluding hydrogens is 202 g/mol. The van der Waals surface area contributed by atoms with Crippen LogP contribution in [0.15, 0.2) is 53.7 Å². The zero-order chi connectivity index (χ0) is 11.0. The van der Waals surface area contributed by atoms with Gasteiger partial charge in [-0.3, -0.25) is 0 Å². The summed E-state index contributed by atoms with van der Waals surface area (Å²) in [5.41, 5.74) is 4.79. The van der Waals surface area contributed by atoms with Gasteiger partial charge in [0.15, 0.2) is 0 Å². The first-order valence-electron chi connectivity index (χ1n) is 5.12. The summed E-state index contributed by atoms with van der Waals surface area (Å²) in [7, 11) is 0. The number of para-hydroxylation sites is 2. The van der Waals surface area contributed by atoms with Crippen molar-refractivity contribution in [3.63, 3.8) is 0 Å². The minimum atomic E-state index is 0.101. The van der Waals surface area contributed by atoms with Gasteiger partial charge in [-0.05, 0) is 18.2 Å². The van der Waals surface area contributed by atoms with E-state index in [1.54, 1.807) is 17.3 Å². The Bertz CT molecular complexity index is 505. The molecule has 0 spiro atoms. The molecule has 1 aromatic carbocycles. The van der Waals surface area contributed by atoms with Crippen LogP contribution < -0.4 is 10.5 Å². The molecule has 1 aromatic rings. The minimum absolute atomic E-state index is 0.101. The van der Waals surface area contributed by atoms with Gasteiger partial charge in [-0.15, -0.1) is 0 Å². The number of phenolic OH excluding ortho intramolecular Hbond substituents is 1. The molecule has 0 aromatic heterocycles. The molecule has 1 aliphatic heterocycles. The van der Waals surface area contributed by atoms with Crippen molar-refractivity contribution in [3.8, 4) is 5.75 Å². The molecule has 1 heterocycles. The van der Waals surface area contributed by atoms with Crippen LogP contribution in [0.1, 0.15) is 0 Å². The summed E-state index contributed by atoms with van der Waals surface area (Å²) < 4.78 is 0. The van der Waals surface area contributed by atoms with Crippen molar-refractivity contribution in [2.45, 2.75) is 6.04 Å². The van der Waals surface area contributed by atoms with Crippen molar-refractivity contribution in [3.05, 3.63) is 48.6 Å². The molecule has 1 unspecified atom stereocenters. The second kappa shape index (κ2) is 3.50. The van der Waals surface area contributed by atoms with Crippen molar-refractivity contribution in [2.24, 2.45) is 5.10 Å². The van der Waals surface area contributed by atoms with E-state index in [1.165, 1.54) is 0 Å². The molecule has 0 fully saturated rings. The number of hydrazine groups is 1. The molecule has 0 radical (unpaired) electrons. The van der Waals surface area contributed by atoms with Crippen molar-refractivity contribution in [1.82, 2.24) is 5.43 Å². The lowest BCUT2D eigenvalue weighted by atomic mass is 10.1. The molecule has 16 heavy (non-hydrogen) atoms. The fraction of sp³-hybridized carbons (Fsp3) is 0.0833. The van der Waals surface area contributed by atoms with E-state index in [1.807, 2.05) is 36.4 Å². The second-order valence-electron chi connectivity index (χ2n) is 3.68. The normalized spacial score (nSPS) is 22.1. The molecular formula is C12H11N3O. The number of hydrogen-bond acceptors (Lipinski definition) is 4. The third-order valence-electron chi connectivity index (χ3n) is 2.59. The van der Waals surface area contributed by atoms with Crippen LogP contribution in [0.2, 0.25) is 0 Å². The number of hydrogen-bond donors (Lipinski definition) is 2. The predicted octanol–water partition coefficient (Wildman–Crippen LogP) is 1.57. The van der Waals surface area contributed by atoms with Crippen LogP contribution in [-0.2, 0) is 0 Å². The van der Waals surface area contributed by atoms with Gasteiger partial charge in [0, 0.05) is 0 Å². The highest BCUT2D eigenvalue weighted by molar-refractivity contribution is 6.03. The number of nitrogens with zero attached hydrogens (tertiary/aromatic N) is 2. The molecule has 0 bridgehead atoms. The lowest BCUT2D eigenvalue weighted by Gasteiger charge is -2.16. The smallest absolute Gasteiger partial charge is 0.142 e. The van der Waals surface area contributed by atoms with Crippen molar-refractivity contribution in [2.75, 3.05) is 5.12 Å². The van der Waals surface area contributed by atoms with E-state index in [9.17, 15) is 5.11 Å². The lowest BCUT2D eigenvalue weighted by molar-refractivity contribution is 0.472. The highest BCUT2D eigenvalue weighted by Crippen LogP contribution is 2.28.